The molecule has 14 nitrogen and oxygen atoms in total. The van der Waals surface area contributed by atoms with E-state index in [4.69, 9.17) is 14.6 Å². The highest BCUT2D eigenvalue weighted by molar-refractivity contribution is 7.90. The van der Waals surface area contributed by atoms with Gasteiger partial charge in [0.05, 0.1) is 37.0 Å². The molecule has 0 aliphatic carbocycles. The smallest absolute Gasteiger partial charge is 0.255 e. The summed E-state index contributed by atoms with van der Waals surface area (Å²) in [5, 5.41) is 14.8. The minimum atomic E-state index is -3.36. The summed E-state index contributed by atoms with van der Waals surface area (Å²) in [6.07, 6.45) is 2.66. The molecular formula is C33H41N9O5S. The molecular weight excluding hydrogens is 634 g/mol. The van der Waals surface area contributed by atoms with Crippen LogP contribution in [0.1, 0.15) is 21.6 Å². The standard InChI is InChI=1S/C33H41N9O5S/c1-24-3-6-26(37-33(43)25-4-7-28(8-5-25)48(2,44)45)19-29(24)38-32-20-27(22-41-13-17-47-18-14-41)39-42(32)31-21-30(35-23-36-31)34-9-10-40-11-15-46-16-12-40/h3-8,19-21,23,38H,9-18,22H2,1-2H3,(H,37,43)(H,34,35,36). The van der Waals surface area contributed by atoms with Gasteiger partial charge in [-0.2, -0.15) is 9.78 Å². The van der Waals surface area contributed by atoms with Crippen molar-refractivity contribution < 1.29 is 22.7 Å². The number of ether oxygens (including phenoxy) is 2. The summed E-state index contributed by atoms with van der Waals surface area (Å²) in [6.45, 7) is 10.7. The van der Waals surface area contributed by atoms with Gasteiger partial charge < -0.3 is 25.4 Å². The Labute approximate surface area is 280 Å². The second-order valence-electron chi connectivity index (χ2n) is 11.9. The van der Waals surface area contributed by atoms with E-state index in [1.165, 1.54) is 30.6 Å². The summed E-state index contributed by atoms with van der Waals surface area (Å²) in [7, 11) is -3.36. The van der Waals surface area contributed by atoms with Crippen molar-refractivity contribution in [3.8, 4) is 5.82 Å². The number of aromatic nitrogens is 4. The molecule has 254 valence electrons. The topological polar surface area (TPSA) is 156 Å². The summed E-state index contributed by atoms with van der Waals surface area (Å²) >= 11 is 0. The Morgan fingerprint density at radius 1 is 0.896 bits per heavy atom. The summed E-state index contributed by atoms with van der Waals surface area (Å²) in [5.74, 6) is 1.67. The molecule has 1 amide bonds. The molecule has 0 atom stereocenters. The van der Waals surface area contributed by atoms with Crippen molar-refractivity contribution in [1.82, 2.24) is 29.5 Å². The van der Waals surface area contributed by atoms with Crippen molar-refractivity contribution in [2.75, 3.05) is 87.9 Å². The van der Waals surface area contributed by atoms with Crippen molar-refractivity contribution >= 4 is 38.8 Å². The lowest BCUT2D eigenvalue weighted by Crippen LogP contribution is -2.39. The predicted octanol–water partition coefficient (Wildman–Crippen LogP) is 2.95. The molecule has 2 aliphatic rings. The second kappa shape index (κ2) is 15.2. The fraction of sp³-hybridized carbons (Fsp3) is 0.394. The third kappa shape index (κ3) is 8.73. The van der Waals surface area contributed by atoms with Gasteiger partial charge >= 0.3 is 0 Å². The van der Waals surface area contributed by atoms with Crippen LogP contribution in [0.2, 0.25) is 0 Å². The molecule has 2 saturated heterocycles. The number of hydrogen-bond acceptors (Lipinski definition) is 12. The molecule has 0 radical (unpaired) electrons. The first-order valence-corrected chi connectivity index (χ1v) is 17.8. The van der Waals surface area contributed by atoms with E-state index < -0.39 is 9.84 Å². The third-order valence-corrected chi connectivity index (χ3v) is 9.39. The van der Waals surface area contributed by atoms with Gasteiger partial charge in [0.2, 0.25) is 0 Å². The van der Waals surface area contributed by atoms with Gasteiger partial charge in [-0.25, -0.2) is 18.4 Å². The van der Waals surface area contributed by atoms with Crippen LogP contribution in [-0.2, 0) is 25.9 Å². The number of benzene rings is 2. The van der Waals surface area contributed by atoms with Crippen LogP contribution in [0.25, 0.3) is 5.82 Å². The number of carbonyl (C=O) groups excluding carboxylic acids is 1. The zero-order valence-corrected chi connectivity index (χ0v) is 28.0. The number of aryl methyl sites for hydroxylation is 1. The first-order chi connectivity index (χ1) is 23.2. The zero-order valence-electron chi connectivity index (χ0n) is 27.2. The normalized spacial score (nSPS) is 16.0. The molecule has 0 saturated carbocycles. The molecule has 3 N–H and O–H groups in total. The van der Waals surface area contributed by atoms with E-state index >= 15 is 0 Å². The molecule has 48 heavy (non-hydrogen) atoms. The maximum atomic E-state index is 13.0. The number of hydrogen-bond donors (Lipinski definition) is 3. The van der Waals surface area contributed by atoms with Crippen LogP contribution >= 0.6 is 0 Å². The number of nitrogens with zero attached hydrogens (tertiary/aromatic N) is 6. The molecule has 0 spiro atoms. The molecule has 4 aromatic rings. The number of amides is 1. The van der Waals surface area contributed by atoms with Crippen LogP contribution in [0.3, 0.4) is 0 Å². The molecule has 0 bridgehead atoms. The van der Waals surface area contributed by atoms with Gasteiger partial charge in [0.25, 0.3) is 5.91 Å². The van der Waals surface area contributed by atoms with Crippen molar-refractivity contribution in [3.05, 3.63) is 77.7 Å². The number of nitrogens with one attached hydrogen (secondary N) is 3. The van der Waals surface area contributed by atoms with Gasteiger partial charge in [0, 0.05) is 81.1 Å². The average molecular weight is 676 g/mol. The molecule has 15 heteroatoms. The van der Waals surface area contributed by atoms with E-state index in [9.17, 15) is 13.2 Å². The van der Waals surface area contributed by atoms with E-state index in [1.807, 2.05) is 37.3 Å². The number of sulfone groups is 1. The van der Waals surface area contributed by atoms with E-state index in [1.54, 1.807) is 4.68 Å². The minimum Gasteiger partial charge on any atom is -0.379 e. The van der Waals surface area contributed by atoms with E-state index in [2.05, 4.69) is 35.7 Å². The fourth-order valence-electron chi connectivity index (χ4n) is 5.52. The summed E-state index contributed by atoms with van der Waals surface area (Å²) in [6, 6.07) is 15.4. The van der Waals surface area contributed by atoms with Crippen molar-refractivity contribution in [2.45, 2.75) is 18.4 Å². The first kappa shape index (κ1) is 33.5. The maximum absolute atomic E-state index is 13.0. The van der Waals surface area contributed by atoms with Gasteiger partial charge in [-0.3, -0.25) is 14.6 Å². The lowest BCUT2D eigenvalue weighted by Gasteiger charge is -2.26. The summed E-state index contributed by atoms with van der Waals surface area (Å²) < 4.78 is 36.4. The molecule has 2 aromatic carbocycles. The fourth-order valence-corrected chi connectivity index (χ4v) is 6.15. The van der Waals surface area contributed by atoms with Crippen molar-refractivity contribution in [1.29, 1.82) is 0 Å². The Morgan fingerprint density at radius 2 is 1.60 bits per heavy atom. The van der Waals surface area contributed by atoms with E-state index in [-0.39, 0.29) is 10.8 Å². The van der Waals surface area contributed by atoms with Crippen molar-refractivity contribution in [3.63, 3.8) is 0 Å². The van der Waals surface area contributed by atoms with Gasteiger partial charge in [-0.15, -0.1) is 0 Å². The van der Waals surface area contributed by atoms with Crippen LogP contribution in [-0.4, -0.2) is 116 Å². The Kier molecular flexibility index (Phi) is 10.6. The van der Waals surface area contributed by atoms with E-state index in [0.29, 0.717) is 48.5 Å². The van der Waals surface area contributed by atoms with Crippen LogP contribution in [0, 0.1) is 6.92 Å². The monoisotopic (exact) mass is 675 g/mol. The van der Waals surface area contributed by atoms with Crippen LogP contribution in [0.5, 0.6) is 0 Å². The highest BCUT2D eigenvalue weighted by atomic mass is 32.2. The molecule has 0 unspecified atom stereocenters. The Bertz CT molecular complexity index is 1820. The average Bonchev–Trinajstić information content (AvgIpc) is 3.48. The van der Waals surface area contributed by atoms with Gasteiger partial charge in [0.15, 0.2) is 15.7 Å². The van der Waals surface area contributed by atoms with Crippen molar-refractivity contribution in [2.24, 2.45) is 0 Å². The number of morpholine rings is 2. The Balaban J connectivity index is 1.21. The first-order valence-electron chi connectivity index (χ1n) is 16.0. The van der Waals surface area contributed by atoms with E-state index in [0.717, 1.165) is 75.7 Å². The Hall–Kier alpha value is -4.41. The number of anilines is 4. The van der Waals surface area contributed by atoms with Crippen LogP contribution in [0.4, 0.5) is 23.0 Å². The van der Waals surface area contributed by atoms with Gasteiger partial charge in [0.1, 0.15) is 18.0 Å². The predicted molar refractivity (Wildman–Crippen MR) is 183 cm³/mol. The molecule has 2 aromatic heterocycles. The second-order valence-corrected chi connectivity index (χ2v) is 13.9. The van der Waals surface area contributed by atoms with Crippen LogP contribution in [0.15, 0.2) is 65.8 Å². The van der Waals surface area contributed by atoms with Gasteiger partial charge in [-0.1, -0.05) is 6.07 Å². The lowest BCUT2D eigenvalue weighted by molar-refractivity contribution is 0.0336. The zero-order chi connectivity index (χ0) is 33.5. The molecule has 2 fully saturated rings. The number of carbonyl (C=O) groups is 1. The quantitative estimate of drug-likeness (QED) is 0.202. The van der Waals surface area contributed by atoms with Gasteiger partial charge in [-0.05, 0) is 48.9 Å². The highest BCUT2D eigenvalue weighted by Crippen LogP contribution is 2.27. The van der Waals surface area contributed by atoms with Crippen LogP contribution < -0.4 is 16.0 Å². The maximum Gasteiger partial charge on any atom is 0.255 e. The number of rotatable bonds is 12. The SMILES string of the molecule is Cc1ccc(NC(=O)c2ccc(S(C)(=O)=O)cc2)cc1Nc1cc(CN2CCOCC2)nn1-c1cc(NCCN2CCOCC2)ncn1. The highest BCUT2D eigenvalue weighted by Gasteiger charge is 2.18. The third-order valence-electron chi connectivity index (χ3n) is 8.26. The lowest BCUT2D eigenvalue weighted by atomic mass is 10.1. The Morgan fingerprint density at radius 3 is 2.31 bits per heavy atom. The molecule has 6 rings (SSSR count). The molecule has 2 aliphatic heterocycles. The molecule has 4 heterocycles. The largest absolute Gasteiger partial charge is 0.379 e. The minimum absolute atomic E-state index is 0.157. The summed E-state index contributed by atoms with van der Waals surface area (Å²) in [5.41, 5.74) is 3.54. The summed E-state index contributed by atoms with van der Waals surface area (Å²) in [4.78, 5) is 26.8.